The lowest BCUT2D eigenvalue weighted by Crippen LogP contribution is -1.95. The molecule has 0 bridgehead atoms. The van der Waals surface area contributed by atoms with Crippen LogP contribution in [0.2, 0.25) is 0 Å². The summed E-state index contributed by atoms with van der Waals surface area (Å²) >= 11 is 0. The molecule has 190 valence electrons. The third-order valence-electron chi connectivity index (χ3n) is 8.71. The predicted octanol–water partition coefficient (Wildman–Crippen LogP) is 11.1. The molecule has 0 saturated heterocycles. The second-order valence-corrected chi connectivity index (χ2v) is 10.9. The highest BCUT2D eigenvalue weighted by Crippen LogP contribution is 2.44. The van der Waals surface area contributed by atoms with Crippen LogP contribution in [0.1, 0.15) is 0 Å². The van der Waals surface area contributed by atoms with Gasteiger partial charge < -0.3 is 4.57 Å². The predicted molar refractivity (Wildman–Crippen MR) is 176 cm³/mol. The van der Waals surface area contributed by atoms with Gasteiger partial charge in [0.05, 0.1) is 11.0 Å². The van der Waals surface area contributed by atoms with Gasteiger partial charge in [0.25, 0.3) is 0 Å². The lowest BCUT2D eigenvalue weighted by molar-refractivity contribution is 1.19. The minimum Gasteiger partial charge on any atom is -0.309 e. The summed E-state index contributed by atoms with van der Waals surface area (Å²) in [6, 6.07) is 55.5. The zero-order valence-electron chi connectivity index (χ0n) is 22.4. The Morgan fingerprint density at radius 2 is 0.976 bits per heavy atom. The molecule has 1 nitrogen and oxygen atoms in total. The topological polar surface area (TPSA) is 4.93 Å². The monoisotopic (exact) mass is 519 g/mol. The number of para-hydroxylation sites is 1. The van der Waals surface area contributed by atoms with Crippen molar-refractivity contribution in [3.05, 3.63) is 152 Å². The van der Waals surface area contributed by atoms with E-state index in [1.54, 1.807) is 0 Å². The third kappa shape index (κ3) is 3.24. The van der Waals surface area contributed by atoms with Crippen molar-refractivity contribution in [3.8, 4) is 16.8 Å². The van der Waals surface area contributed by atoms with Crippen molar-refractivity contribution in [1.29, 1.82) is 0 Å². The van der Waals surface area contributed by atoms with E-state index >= 15 is 0 Å². The fraction of sp³-hybridized carbons (Fsp3) is 0. The van der Waals surface area contributed by atoms with Gasteiger partial charge in [-0.05, 0) is 73.1 Å². The van der Waals surface area contributed by atoms with Gasteiger partial charge in [-0.2, -0.15) is 0 Å². The molecule has 0 aliphatic carbocycles. The molecule has 0 aliphatic heterocycles. The van der Waals surface area contributed by atoms with Gasteiger partial charge in [-0.1, -0.05) is 127 Å². The van der Waals surface area contributed by atoms with E-state index in [1.165, 1.54) is 81.7 Å². The van der Waals surface area contributed by atoms with Crippen LogP contribution in [-0.2, 0) is 0 Å². The summed E-state index contributed by atoms with van der Waals surface area (Å²) in [7, 11) is 0. The van der Waals surface area contributed by atoms with Crippen molar-refractivity contribution in [3.63, 3.8) is 0 Å². The number of hydrogen-bond acceptors (Lipinski definition) is 0. The van der Waals surface area contributed by atoms with Gasteiger partial charge in [0.1, 0.15) is 0 Å². The molecule has 0 atom stereocenters. The molecule has 0 aliphatic rings. The molecule has 0 N–H and O–H groups in total. The van der Waals surface area contributed by atoms with E-state index in [0.717, 1.165) is 0 Å². The number of benzene rings is 8. The Labute approximate surface area is 237 Å². The molecule has 1 heteroatoms. The van der Waals surface area contributed by atoms with E-state index in [4.69, 9.17) is 0 Å². The van der Waals surface area contributed by atoms with E-state index in [2.05, 4.69) is 156 Å². The van der Waals surface area contributed by atoms with Crippen molar-refractivity contribution in [2.24, 2.45) is 0 Å². The second kappa shape index (κ2) is 8.55. The minimum atomic E-state index is 1.18. The number of rotatable bonds is 2. The average Bonchev–Trinajstić information content (AvgIpc) is 3.40. The number of nitrogens with zero attached hydrogens (tertiary/aromatic N) is 1. The fourth-order valence-electron chi connectivity index (χ4n) is 6.90. The quantitative estimate of drug-likeness (QED) is 0.200. The minimum absolute atomic E-state index is 1.18. The van der Waals surface area contributed by atoms with E-state index in [0.29, 0.717) is 0 Å². The lowest BCUT2D eigenvalue weighted by Gasteiger charge is -2.14. The smallest absolute Gasteiger partial charge is 0.0626 e. The van der Waals surface area contributed by atoms with Crippen molar-refractivity contribution in [1.82, 2.24) is 4.57 Å². The fourth-order valence-corrected chi connectivity index (χ4v) is 6.90. The SMILES string of the molecule is c1ccc(-c2ccc3cc(-n4c5ccccc5c5c6ccccc6c6c7ccccc7ccc6c54)ccc3c2)cc1. The number of fused-ring (bicyclic) bond motifs is 11. The summed E-state index contributed by atoms with van der Waals surface area (Å²) in [6.07, 6.45) is 0. The summed E-state index contributed by atoms with van der Waals surface area (Å²) in [5.74, 6) is 0. The van der Waals surface area contributed by atoms with Crippen LogP contribution in [-0.4, -0.2) is 4.57 Å². The Bertz CT molecular complexity index is 2460. The summed E-state index contributed by atoms with van der Waals surface area (Å²) < 4.78 is 2.48. The van der Waals surface area contributed by atoms with Gasteiger partial charge in [-0.15, -0.1) is 0 Å². The van der Waals surface area contributed by atoms with Crippen LogP contribution in [0.3, 0.4) is 0 Å². The molecule has 0 amide bonds. The summed E-state index contributed by atoms with van der Waals surface area (Å²) in [5, 5.41) is 12.9. The van der Waals surface area contributed by atoms with Gasteiger partial charge in [-0.3, -0.25) is 0 Å². The summed E-state index contributed by atoms with van der Waals surface area (Å²) in [5.41, 5.74) is 6.17. The maximum absolute atomic E-state index is 2.48. The normalized spacial score (nSPS) is 11.9. The maximum Gasteiger partial charge on any atom is 0.0626 e. The molecule has 9 aromatic rings. The average molecular weight is 520 g/mol. The largest absolute Gasteiger partial charge is 0.309 e. The molecular weight excluding hydrogens is 494 g/mol. The van der Waals surface area contributed by atoms with Crippen LogP contribution in [0.25, 0.3) is 81.7 Å². The Morgan fingerprint density at radius 3 is 1.83 bits per heavy atom. The van der Waals surface area contributed by atoms with Crippen LogP contribution in [0.15, 0.2) is 152 Å². The molecule has 1 heterocycles. The lowest BCUT2D eigenvalue weighted by atomic mass is 9.93. The summed E-state index contributed by atoms with van der Waals surface area (Å²) in [6.45, 7) is 0. The van der Waals surface area contributed by atoms with Gasteiger partial charge in [0, 0.05) is 21.8 Å². The highest BCUT2D eigenvalue weighted by molar-refractivity contribution is 6.36. The molecular formula is C40H25N. The van der Waals surface area contributed by atoms with Crippen LogP contribution >= 0.6 is 0 Å². The van der Waals surface area contributed by atoms with Gasteiger partial charge in [0.15, 0.2) is 0 Å². The standard InChI is InChI=1S/C40H25N/c1-2-10-26(11-3-1)28-18-19-30-25-31(22-20-29(30)24-28)41-37-17-9-8-16-35(37)39-34-15-7-6-14-33(34)38-32-13-5-4-12-27(32)21-23-36(38)40(39)41/h1-25H. The molecule has 9 rings (SSSR count). The molecule has 8 aromatic carbocycles. The molecule has 0 radical (unpaired) electrons. The van der Waals surface area contributed by atoms with Crippen LogP contribution in [0.4, 0.5) is 0 Å². The van der Waals surface area contributed by atoms with Gasteiger partial charge in [0.2, 0.25) is 0 Å². The highest BCUT2D eigenvalue weighted by Gasteiger charge is 2.20. The first-order valence-electron chi connectivity index (χ1n) is 14.2. The van der Waals surface area contributed by atoms with Crippen molar-refractivity contribution < 1.29 is 0 Å². The van der Waals surface area contributed by atoms with E-state index in [-0.39, 0.29) is 0 Å². The third-order valence-corrected chi connectivity index (χ3v) is 8.71. The van der Waals surface area contributed by atoms with Crippen molar-refractivity contribution >= 4 is 64.9 Å². The van der Waals surface area contributed by atoms with Crippen LogP contribution in [0.5, 0.6) is 0 Å². The number of aromatic nitrogens is 1. The Kier molecular flexibility index (Phi) is 4.67. The molecule has 1 aromatic heterocycles. The van der Waals surface area contributed by atoms with Crippen molar-refractivity contribution in [2.45, 2.75) is 0 Å². The first-order valence-corrected chi connectivity index (χ1v) is 14.2. The molecule has 0 unspecified atom stereocenters. The molecule has 0 spiro atoms. The zero-order chi connectivity index (χ0) is 26.9. The van der Waals surface area contributed by atoms with Crippen LogP contribution < -0.4 is 0 Å². The van der Waals surface area contributed by atoms with Crippen molar-refractivity contribution in [2.75, 3.05) is 0 Å². The Morgan fingerprint density at radius 1 is 0.341 bits per heavy atom. The second-order valence-electron chi connectivity index (χ2n) is 10.9. The van der Waals surface area contributed by atoms with E-state index in [9.17, 15) is 0 Å². The number of hydrogen-bond donors (Lipinski definition) is 0. The summed E-state index contributed by atoms with van der Waals surface area (Å²) in [4.78, 5) is 0. The molecule has 0 fully saturated rings. The Balaban J connectivity index is 1.42. The van der Waals surface area contributed by atoms with Crippen LogP contribution in [0, 0.1) is 0 Å². The van der Waals surface area contributed by atoms with E-state index in [1.807, 2.05) is 0 Å². The first kappa shape index (κ1) is 22.4. The highest BCUT2D eigenvalue weighted by atomic mass is 15.0. The molecule has 0 saturated carbocycles. The van der Waals surface area contributed by atoms with Gasteiger partial charge >= 0.3 is 0 Å². The Hall–Kier alpha value is -5.40. The molecule has 41 heavy (non-hydrogen) atoms. The zero-order valence-corrected chi connectivity index (χ0v) is 22.4. The van der Waals surface area contributed by atoms with E-state index < -0.39 is 0 Å². The first-order chi connectivity index (χ1) is 20.3. The maximum atomic E-state index is 2.48. The van der Waals surface area contributed by atoms with Gasteiger partial charge in [-0.25, -0.2) is 0 Å².